The summed E-state index contributed by atoms with van der Waals surface area (Å²) in [5, 5.41) is 0. The van der Waals surface area contributed by atoms with Crippen molar-refractivity contribution in [2.75, 3.05) is 0 Å². The van der Waals surface area contributed by atoms with E-state index in [2.05, 4.69) is 0 Å². The van der Waals surface area contributed by atoms with Gasteiger partial charge in [-0.25, -0.2) is 0 Å². The van der Waals surface area contributed by atoms with Crippen LogP contribution in [0.5, 0.6) is 0 Å². The normalized spacial score (nSPS) is 12.3. The number of carbonyl (C=O) groups is 2. The zero-order chi connectivity index (χ0) is 11.4. The lowest BCUT2D eigenvalue weighted by Gasteiger charge is -2.03. The molecule has 88 valence electrons. The van der Waals surface area contributed by atoms with Crippen molar-refractivity contribution in [2.45, 2.75) is 64.7 Å². The van der Waals surface area contributed by atoms with Crippen LogP contribution in [0.4, 0.5) is 0 Å². The van der Waals surface area contributed by atoms with Crippen LogP contribution in [0.25, 0.3) is 0 Å². The molecule has 0 aromatic carbocycles. The van der Waals surface area contributed by atoms with Gasteiger partial charge in [0.1, 0.15) is 12.6 Å². The van der Waals surface area contributed by atoms with E-state index >= 15 is 0 Å². The van der Waals surface area contributed by atoms with Crippen molar-refractivity contribution in [2.24, 2.45) is 5.92 Å². The molecule has 0 aromatic rings. The van der Waals surface area contributed by atoms with Gasteiger partial charge in [0.15, 0.2) is 0 Å². The minimum atomic E-state index is 0.234. The average Bonchev–Trinajstić information content (AvgIpc) is 2.26. The maximum atomic E-state index is 10.3. The molecule has 0 heterocycles. The molecule has 0 aliphatic rings. The van der Waals surface area contributed by atoms with Crippen LogP contribution >= 0.6 is 0 Å². The zero-order valence-electron chi connectivity index (χ0n) is 9.91. The molecule has 0 aliphatic carbocycles. The Kier molecular flexibility index (Phi) is 10.9. The lowest BCUT2D eigenvalue weighted by atomic mass is 10.0. The van der Waals surface area contributed by atoms with Gasteiger partial charge in [0, 0.05) is 12.3 Å². The summed E-state index contributed by atoms with van der Waals surface area (Å²) in [6.45, 7) is 1.98. The first-order chi connectivity index (χ1) is 7.31. The maximum Gasteiger partial charge on any atom is 0.122 e. The lowest BCUT2D eigenvalue weighted by molar-refractivity contribution is -0.111. The van der Waals surface area contributed by atoms with Crippen molar-refractivity contribution in [1.29, 1.82) is 0 Å². The summed E-state index contributed by atoms with van der Waals surface area (Å²) in [6.07, 6.45) is 12.2. The molecule has 1 unspecified atom stereocenters. The molecule has 0 fully saturated rings. The van der Waals surface area contributed by atoms with Crippen molar-refractivity contribution in [3.05, 3.63) is 0 Å². The monoisotopic (exact) mass is 212 g/mol. The van der Waals surface area contributed by atoms with E-state index in [1.54, 1.807) is 0 Å². The Morgan fingerprint density at radius 2 is 1.40 bits per heavy atom. The van der Waals surface area contributed by atoms with Gasteiger partial charge in [0.25, 0.3) is 0 Å². The number of carbonyl (C=O) groups excluding carboxylic acids is 2. The van der Waals surface area contributed by atoms with E-state index in [4.69, 9.17) is 0 Å². The third kappa shape index (κ3) is 11.3. The molecule has 0 rings (SSSR count). The van der Waals surface area contributed by atoms with Gasteiger partial charge in [0.05, 0.1) is 0 Å². The lowest BCUT2D eigenvalue weighted by Crippen LogP contribution is -1.94. The summed E-state index contributed by atoms with van der Waals surface area (Å²) in [4.78, 5) is 20.4. The first kappa shape index (κ1) is 14.3. The molecule has 0 radical (unpaired) electrons. The summed E-state index contributed by atoms with van der Waals surface area (Å²) in [7, 11) is 0. The van der Waals surface area contributed by atoms with Gasteiger partial charge in [-0.3, -0.25) is 0 Å². The molecule has 15 heavy (non-hydrogen) atoms. The standard InChI is InChI=1S/C13H24O2/c1-13(12-15)10-8-6-4-2-3-5-7-9-11-14/h11-13H,2-10H2,1H3. The highest BCUT2D eigenvalue weighted by Gasteiger charge is 1.98. The Bertz CT molecular complexity index is 155. The highest BCUT2D eigenvalue weighted by Crippen LogP contribution is 2.11. The van der Waals surface area contributed by atoms with E-state index in [9.17, 15) is 9.59 Å². The van der Waals surface area contributed by atoms with Crippen molar-refractivity contribution < 1.29 is 9.59 Å². The first-order valence-corrected chi connectivity index (χ1v) is 6.20. The van der Waals surface area contributed by atoms with Crippen LogP contribution in [0, 0.1) is 5.92 Å². The second-order valence-electron chi connectivity index (χ2n) is 4.33. The minimum Gasteiger partial charge on any atom is -0.303 e. The Hall–Kier alpha value is -0.660. The number of unbranched alkanes of at least 4 members (excludes halogenated alkanes) is 7. The number of hydrogen-bond donors (Lipinski definition) is 0. The highest BCUT2D eigenvalue weighted by molar-refractivity contribution is 5.52. The molecule has 0 saturated heterocycles. The molecule has 2 heteroatoms. The van der Waals surface area contributed by atoms with Gasteiger partial charge in [-0.15, -0.1) is 0 Å². The number of aldehydes is 2. The van der Waals surface area contributed by atoms with Crippen molar-refractivity contribution in [3.63, 3.8) is 0 Å². The fourth-order valence-electron chi connectivity index (χ4n) is 1.65. The summed E-state index contributed by atoms with van der Waals surface area (Å²) in [5.74, 6) is 0.234. The van der Waals surface area contributed by atoms with E-state index in [-0.39, 0.29) is 5.92 Å². The smallest absolute Gasteiger partial charge is 0.122 e. The highest BCUT2D eigenvalue weighted by atomic mass is 16.1. The summed E-state index contributed by atoms with van der Waals surface area (Å²) < 4.78 is 0. The van der Waals surface area contributed by atoms with Crippen LogP contribution in [-0.4, -0.2) is 12.6 Å². The van der Waals surface area contributed by atoms with Crippen LogP contribution in [0.15, 0.2) is 0 Å². The Labute approximate surface area is 93.4 Å². The Balaban J connectivity index is 2.98. The maximum absolute atomic E-state index is 10.3. The molecule has 0 bridgehead atoms. The van der Waals surface area contributed by atoms with Crippen LogP contribution in [-0.2, 0) is 9.59 Å². The van der Waals surface area contributed by atoms with Gasteiger partial charge < -0.3 is 9.59 Å². The minimum absolute atomic E-state index is 0.234. The Morgan fingerprint density at radius 1 is 0.867 bits per heavy atom. The molecule has 0 aromatic heterocycles. The first-order valence-electron chi connectivity index (χ1n) is 6.20. The second kappa shape index (κ2) is 11.4. The predicted molar refractivity (Wildman–Crippen MR) is 62.8 cm³/mol. The molecule has 1 atom stereocenters. The number of rotatable bonds is 11. The van der Waals surface area contributed by atoms with Crippen LogP contribution in [0.2, 0.25) is 0 Å². The molecule has 0 spiro atoms. The molecule has 0 saturated carbocycles. The van der Waals surface area contributed by atoms with Crippen molar-refractivity contribution in [1.82, 2.24) is 0 Å². The summed E-state index contributed by atoms with van der Waals surface area (Å²) in [6, 6.07) is 0. The molecule has 2 nitrogen and oxygen atoms in total. The van der Waals surface area contributed by atoms with Gasteiger partial charge in [-0.05, 0) is 12.8 Å². The molecule has 0 N–H and O–H groups in total. The fraction of sp³-hybridized carbons (Fsp3) is 0.846. The number of hydrogen-bond acceptors (Lipinski definition) is 2. The molecule has 0 aliphatic heterocycles. The summed E-state index contributed by atoms with van der Waals surface area (Å²) >= 11 is 0. The third-order valence-electron chi connectivity index (χ3n) is 2.71. The van der Waals surface area contributed by atoms with E-state index in [0.29, 0.717) is 0 Å². The van der Waals surface area contributed by atoms with E-state index in [1.807, 2.05) is 6.92 Å². The molecule has 0 amide bonds. The van der Waals surface area contributed by atoms with E-state index < -0.39 is 0 Å². The summed E-state index contributed by atoms with van der Waals surface area (Å²) in [5.41, 5.74) is 0. The SMILES string of the molecule is CC(C=O)CCCCCCCCCC=O. The van der Waals surface area contributed by atoms with Gasteiger partial charge in [0.2, 0.25) is 0 Å². The Morgan fingerprint density at radius 3 is 1.93 bits per heavy atom. The van der Waals surface area contributed by atoms with E-state index in [1.165, 1.54) is 38.5 Å². The quantitative estimate of drug-likeness (QED) is 0.388. The second-order valence-corrected chi connectivity index (χ2v) is 4.33. The largest absolute Gasteiger partial charge is 0.303 e. The fourth-order valence-corrected chi connectivity index (χ4v) is 1.65. The average molecular weight is 212 g/mol. The third-order valence-corrected chi connectivity index (χ3v) is 2.71. The molecular formula is C13H24O2. The van der Waals surface area contributed by atoms with Crippen molar-refractivity contribution >= 4 is 12.6 Å². The van der Waals surface area contributed by atoms with Crippen molar-refractivity contribution in [3.8, 4) is 0 Å². The van der Waals surface area contributed by atoms with Gasteiger partial charge in [-0.1, -0.05) is 45.4 Å². The zero-order valence-corrected chi connectivity index (χ0v) is 9.91. The topological polar surface area (TPSA) is 34.1 Å². The molecular weight excluding hydrogens is 188 g/mol. The van der Waals surface area contributed by atoms with Gasteiger partial charge in [-0.2, -0.15) is 0 Å². The van der Waals surface area contributed by atoms with Crippen LogP contribution in [0.1, 0.15) is 64.7 Å². The van der Waals surface area contributed by atoms with Gasteiger partial charge >= 0.3 is 0 Å². The van der Waals surface area contributed by atoms with Crippen LogP contribution < -0.4 is 0 Å². The predicted octanol–water partition coefficient (Wildman–Crippen LogP) is 3.53. The van der Waals surface area contributed by atoms with E-state index in [0.717, 1.165) is 31.8 Å². The van der Waals surface area contributed by atoms with Crippen LogP contribution in [0.3, 0.4) is 0 Å².